The standard InChI is InChI=1S/C32H34ClNO6S/c1-5-37-28-20-22(6-15-27(28)40-19-18-39-25-11-7-23(8-12-25)32(2,3)4)21-29-30(35)34(31(36)41-29)16-17-38-26-13-9-24(33)10-14-26/h6-15,20-21H,5,16-19H2,1-4H3/b29-21-. The van der Waals surface area contributed by atoms with Crippen LogP contribution in [-0.2, 0) is 10.2 Å². The van der Waals surface area contributed by atoms with Gasteiger partial charge in [-0.15, -0.1) is 0 Å². The molecule has 7 nitrogen and oxygen atoms in total. The molecule has 41 heavy (non-hydrogen) atoms. The second kappa shape index (κ2) is 13.8. The molecule has 0 saturated carbocycles. The first kappa shape index (κ1) is 30.3. The van der Waals surface area contributed by atoms with E-state index in [1.807, 2.05) is 25.1 Å². The van der Waals surface area contributed by atoms with Crippen LogP contribution in [-0.4, -0.2) is 49.0 Å². The zero-order chi connectivity index (χ0) is 29.4. The van der Waals surface area contributed by atoms with Crippen molar-refractivity contribution in [1.29, 1.82) is 0 Å². The van der Waals surface area contributed by atoms with Crippen LogP contribution in [0, 0.1) is 0 Å². The number of rotatable bonds is 12. The second-order valence-corrected chi connectivity index (χ2v) is 11.7. The van der Waals surface area contributed by atoms with E-state index >= 15 is 0 Å². The zero-order valence-corrected chi connectivity index (χ0v) is 25.2. The molecule has 0 aliphatic carbocycles. The number of imide groups is 1. The Morgan fingerprint density at radius 1 is 0.805 bits per heavy atom. The molecule has 216 valence electrons. The molecule has 0 spiro atoms. The van der Waals surface area contributed by atoms with Crippen molar-refractivity contribution in [3.8, 4) is 23.0 Å². The Labute approximate surface area is 250 Å². The van der Waals surface area contributed by atoms with Crippen molar-refractivity contribution < 1.29 is 28.5 Å². The lowest BCUT2D eigenvalue weighted by atomic mass is 9.87. The van der Waals surface area contributed by atoms with Crippen molar-refractivity contribution in [2.24, 2.45) is 0 Å². The first-order valence-corrected chi connectivity index (χ1v) is 14.6. The number of halogens is 1. The van der Waals surface area contributed by atoms with Gasteiger partial charge < -0.3 is 18.9 Å². The van der Waals surface area contributed by atoms with Gasteiger partial charge in [0, 0.05) is 5.02 Å². The highest BCUT2D eigenvalue weighted by Gasteiger charge is 2.34. The van der Waals surface area contributed by atoms with Gasteiger partial charge in [0.15, 0.2) is 11.5 Å². The molecule has 1 aliphatic heterocycles. The first-order chi connectivity index (χ1) is 19.6. The maximum Gasteiger partial charge on any atom is 0.293 e. The summed E-state index contributed by atoms with van der Waals surface area (Å²) in [5, 5.41) is 0.270. The molecule has 4 rings (SSSR count). The number of thioether (sulfide) groups is 1. The largest absolute Gasteiger partial charge is 0.492 e. The lowest BCUT2D eigenvalue weighted by molar-refractivity contribution is -0.123. The van der Waals surface area contributed by atoms with E-state index in [1.165, 1.54) is 10.5 Å². The Morgan fingerprint density at radius 2 is 1.44 bits per heavy atom. The third-order valence-electron chi connectivity index (χ3n) is 6.17. The summed E-state index contributed by atoms with van der Waals surface area (Å²) >= 11 is 6.79. The molecule has 0 N–H and O–H groups in total. The predicted octanol–water partition coefficient (Wildman–Crippen LogP) is 7.61. The molecule has 0 unspecified atom stereocenters. The summed E-state index contributed by atoms with van der Waals surface area (Å²) in [6.07, 6.45) is 1.68. The van der Waals surface area contributed by atoms with Gasteiger partial charge in [-0.05, 0) is 89.8 Å². The molecular weight excluding hydrogens is 562 g/mol. The Kier molecular flexibility index (Phi) is 10.2. The monoisotopic (exact) mass is 595 g/mol. The Balaban J connectivity index is 1.32. The van der Waals surface area contributed by atoms with Gasteiger partial charge >= 0.3 is 0 Å². The summed E-state index contributed by atoms with van der Waals surface area (Å²) in [4.78, 5) is 26.9. The fraction of sp³-hybridized carbons (Fsp3) is 0.312. The van der Waals surface area contributed by atoms with E-state index in [2.05, 4.69) is 32.9 Å². The molecule has 3 aromatic carbocycles. The highest BCUT2D eigenvalue weighted by molar-refractivity contribution is 8.18. The van der Waals surface area contributed by atoms with Gasteiger partial charge in [0.05, 0.1) is 18.1 Å². The minimum absolute atomic E-state index is 0.0888. The van der Waals surface area contributed by atoms with Gasteiger partial charge in [0.25, 0.3) is 11.1 Å². The van der Waals surface area contributed by atoms with Crippen LogP contribution in [0.5, 0.6) is 23.0 Å². The van der Waals surface area contributed by atoms with Crippen LogP contribution in [0.4, 0.5) is 4.79 Å². The molecule has 0 bridgehead atoms. The number of nitrogens with zero attached hydrogens (tertiary/aromatic N) is 1. The molecule has 1 heterocycles. The summed E-state index contributed by atoms with van der Waals surface area (Å²) in [5.74, 6) is 2.16. The Hall–Kier alpha value is -3.62. The van der Waals surface area contributed by atoms with Gasteiger partial charge in [0.2, 0.25) is 0 Å². The van der Waals surface area contributed by atoms with E-state index in [0.29, 0.717) is 47.0 Å². The third kappa shape index (κ3) is 8.44. The van der Waals surface area contributed by atoms with Crippen LogP contribution >= 0.6 is 23.4 Å². The number of ether oxygens (including phenoxy) is 4. The Morgan fingerprint density at radius 3 is 2.10 bits per heavy atom. The van der Waals surface area contributed by atoms with Crippen molar-refractivity contribution in [3.05, 3.63) is 87.8 Å². The minimum atomic E-state index is -0.356. The molecule has 1 fully saturated rings. The highest BCUT2D eigenvalue weighted by Crippen LogP contribution is 2.35. The molecule has 1 saturated heterocycles. The lowest BCUT2D eigenvalue weighted by Crippen LogP contribution is -2.32. The minimum Gasteiger partial charge on any atom is -0.492 e. The Bertz CT molecular complexity index is 1380. The average molecular weight is 596 g/mol. The number of carbonyl (C=O) groups excluding carboxylic acids is 2. The molecule has 2 amide bonds. The number of carbonyl (C=O) groups is 2. The number of benzene rings is 3. The van der Waals surface area contributed by atoms with Gasteiger partial charge in [-0.2, -0.15) is 0 Å². The van der Waals surface area contributed by atoms with E-state index in [4.69, 9.17) is 30.5 Å². The number of hydrogen-bond acceptors (Lipinski definition) is 7. The van der Waals surface area contributed by atoms with E-state index in [-0.39, 0.29) is 29.7 Å². The predicted molar refractivity (Wildman–Crippen MR) is 163 cm³/mol. The first-order valence-electron chi connectivity index (χ1n) is 13.4. The van der Waals surface area contributed by atoms with Crippen LogP contribution in [0.1, 0.15) is 38.8 Å². The van der Waals surface area contributed by atoms with E-state index < -0.39 is 0 Å². The maximum absolute atomic E-state index is 12.9. The molecule has 3 aromatic rings. The van der Waals surface area contributed by atoms with Crippen molar-refractivity contribution in [3.63, 3.8) is 0 Å². The van der Waals surface area contributed by atoms with Gasteiger partial charge in [0.1, 0.15) is 31.3 Å². The topological polar surface area (TPSA) is 74.3 Å². The van der Waals surface area contributed by atoms with E-state index in [0.717, 1.165) is 23.1 Å². The molecule has 0 atom stereocenters. The van der Waals surface area contributed by atoms with Crippen LogP contribution in [0.3, 0.4) is 0 Å². The summed E-state index contributed by atoms with van der Waals surface area (Å²) in [7, 11) is 0. The molecule has 0 aromatic heterocycles. The smallest absolute Gasteiger partial charge is 0.293 e. The fourth-order valence-corrected chi connectivity index (χ4v) is 4.99. The van der Waals surface area contributed by atoms with E-state index in [9.17, 15) is 9.59 Å². The number of amides is 2. The zero-order valence-electron chi connectivity index (χ0n) is 23.6. The fourth-order valence-electron chi connectivity index (χ4n) is 3.99. The van der Waals surface area contributed by atoms with Crippen molar-refractivity contribution >= 4 is 40.6 Å². The van der Waals surface area contributed by atoms with Gasteiger partial charge in [-0.1, -0.05) is 50.6 Å². The normalized spacial score (nSPS) is 14.5. The van der Waals surface area contributed by atoms with Gasteiger partial charge in [-0.3, -0.25) is 14.5 Å². The van der Waals surface area contributed by atoms with Crippen molar-refractivity contribution in [2.75, 3.05) is 33.0 Å². The molecular formula is C32H34ClNO6S. The van der Waals surface area contributed by atoms with E-state index in [1.54, 1.807) is 42.5 Å². The lowest BCUT2D eigenvalue weighted by Gasteiger charge is -2.19. The molecule has 9 heteroatoms. The summed E-state index contributed by atoms with van der Waals surface area (Å²) in [6, 6.07) is 20.4. The third-order valence-corrected chi connectivity index (χ3v) is 7.33. The van der Waals surface area contributed by atoms with Crippen LogP contribution < -0.4 is 18.9 Å². The highest BCUT2D eigenvalue weighted by atomic mass is 35.5. The van der Waals surface area contributed by atoms with Crippen molar-refractivity contribution in [1.82, 2.24) is 4.90 Å². The van der Waals surface area contributed by atoms with Crippen LogP contribution in [0.2, 0.25) is 5.02 Å². The number of hydrogen-bond donors (Lipinski definition) is 0. The van der Waals surface area contributed by atoms with Crippen LogP contribution in [0.15, 0.2) is 71.6 Å². The van der Waals surface area contributed by atoms with Crippen molar-refractivity contribution in [2.45, 2.75) is 33.1 Å². The molecule has 1 aliphatic rings. The summed E-state index contributed by atoms with van der Waals surface area (Å²) in [5.41, 5.74) is 2.06. The average Bonchev–Trinajstić information content (AvgIpc) is 3.20. The summed E-state index contributed by atoms with van der Waals surface area (Å²) < 4.78 is 23.2. The van der Waals surface area contributed by atoms with Gasteiger partial charge in [-0.25, -0.2) is 0 Å². The second-order valence-electron chi connectivity index (χ2n) is 10.2. The quantitative estimate of drug-likeness (QED) is 0.158. The summed E-state index contributed by atoms with van der Waals surface area (Å²) in [6.45, 7) is 9.88. The maximum atomic E-state index is 12.9. The molecule has 0 radical (unpaired) electrons. The van der Waals surface area contributed by atoms with Crippen LogP contribution in [0.25, 0.3) is 6.08 Å². The SMILES string of the molecule is CCOc1cc(/C=C2\SC(=O)N(CCOc3ccc(Cl)cc3)C2=O)ccc1OCCOc1ccc(C(C)(C)C)cc1.